The largest absolute Gasteiger partial charge is 0.464 e. The Kier molecular flexibility index (Phi) is 4.20. The zero-order valence-electron chi connectivity index (χ0n) is 14.1. The predicted octanol–water partition coefficient (Wildman–Crippen LogP) is 5.14. The maximum atomic E-state index is 5.61. The molecular formula is C21H18NO2S+. The summed E-state index contributed by atoms with van der Waals surface area (Å²) in [6.07, 6.45) is 16.3. The van der Waals surface area contributed by atoms with Crippen molar-refractivity contribution < 1.29 is 13.4 Å². The number of thioether (sulfide) groups is 1. The first-order chi connectivity index (χ1) is 12.2. The number of allylic oxidation sites excluding steroid dienone is 8. The molecular weight excluding hydrogens is 330 g/mol. The second-order valence-electron chi connectivity index (χ2n) is 5.97. The highest BCUT2D eigenvalue weighted by molar-refractivity contribution is 8.16. The lowest BCUT2D eigenvalue weighted by atomic mass is 10.0. The van der Waals surface area contributed by atoms with Gasteiger partial charge in [0.2, 0.25) is 0 Å². The van der Waals surface area contributed by atoms with Crippen molar-refractivity contribution in [2.45, 2.75) is 0 Å². The molecule has 0 unspecified atom stereocenters. The first kappa shape index (κ1) is 15.8. The first-order valence-corrected chi connectivity index (χ1v) is 8.86. The van der Waals surface area contributed by atoms with Crippen LogP contribution in [0.5, 0.6) is 0 Å². The third kappa shape index (κ3) is 3.26. The molecule has 1 aliphatic heterocycles. The SMILES string of the molecule is C[N+](C)=C1C=CC(=C2C=C(c3ccco3)SC(c3ccco3)=C2)C=C1. The third-order valence-corrected chi connectivity index (χ3v) is 5.12. The summed E-state index contributed by atoms with van der Waals surface area (Å²) in [4.78, 5) is 2.15. The van der Waals surface area contributed by atoms with Gasteiger partial charge in [-0.25, -0.2) is 4.58 Å². The van der Waals surface area contributed by atoms with Gasteiger partial charge in [-0.05, 0) is 59.7 Å². The number of hydrogen-bond acceptors (Lipinski definition) is 3. The summed E-state index contributed by atoms with van der Waals surface area (Å²) in [5.74, 6) is 1.73. The summed E-state index contributed by atoms with van der Waals surface area (Å²) in [7, 11) is 4.09. The van der Waals surface area contributed by atoms with Crippen molar-refractivity contribution in [3.8, 4) is 0 Å². The molecule has 0 amide bonds. The fraction of sp³-hybridized carbons (Fsp3) is 0.0952. The van der Waals surface area contributed by atoms with Crippen molar-refractivity contribution in [2.24, 2.45) is 0 Å². The minimum atomic E-state index is 0.865. The van der Waals surface area contributed by atoms with E-state index in [9.17, 15) is 0 Å². The second kappa shape index (κ2) is 6.65. The summed E-state index contributed by atoms with van der Waals surface area (Å²) in [5.41, 5.74) is 3.49. The highest BCUT2D eigenvalue weighted by atomic mass is 32.2. The molecule has 3 heterocycles. The molecule has 0 N–H and O–H groups in total. The van der Waals surface area contributed by atoms with E-state index in [0.29, 0.717) is 0 Å². The van der Waals surface area contributed by atoms with E-state index in [1.807, 2.05) is 38.4 Å². The quantitative estimate of drug-likeness (QED) is 0.704. The van der Waals surface area contributed by atoms with Crippen molar-refractivity contribution in [3.63, 3.8) is 0 Å². The Morgan fingerprint density at radius 2 is 1.32 bits per heavy atom. The molecule has 4 rings (SSSR count). The van der Waals surface area contributed by atoms with Crippen LogP contribution in [0.2, 0.25) is 0 Å². The maximum Gasteiger partial charge on any atom is 0.199 e. The third-order valence-electron chi connectivity index (χ3n) is 4.04. The van der Waals surface area contributed by atoms with Crippen LogP contribution in [0.25, 0.3) is 9.81 Å². The van der Waals surface area contributed by atoms with Gasteiger partial charge in [-0.1, -0.05) is 11.8 Å². The Balaban J connectivity index is 1.80. The molecule has 0 saturated heterocycles. The van der Waals surface area contributed by atoms with E-state index in [0.717, 1.165) is 26.9 Å². The summed E-state index contributed by atoms with van der Waals surface area (Å²) in [5, 5.41) is 0. The van der Waals surface area contributed by atoms with Crippen LogP contribution in [0.4, 0.5) is 0 Å². The topological polar surface area (TPSA) is 29.3 Å². The number of furan rings is 2. The van der Waals surface area contributed by atoms with E-state index >= 15 is 0 Å². The van der Waals surface area contributed by atoms with Crippen molar-refractivity contribution >= 4 is 27.3 Å². The lowest BCUT2D eigenvalue weighted by Gasteiger charge is -2.15. The minimum absolute atomic E-state index is 0.865. The van der Waals surface area contributed by atoms with Crippen molar-refractivity contribution in [1.82, 2.24) is 0 Å². The van der Waals surface area contributed by atoms with E-state index in [-0.39, 0.29) is 0 Å². The van der Waals surface area contributed by atoms with Crippen LogP contribution in [0.3, 0.4) is 0 Å². The van der Waals surface area contributed by atoms with Crippen LogP contribution in [-0.4, -0.2) is 24.4 Å². The molecule has 1 aliphatic carbocycles. The average molecular weight is 348 g/mol. The highest BCUT2D eigenvalue weighted by Gasteiger charge is 2.19. The van der Waals surface area contributed by atoms with Gasteiger partial charge < -0.3 is 8.83 Å². The summed E-state index contributed by atoms with van der Waals surface area (Å²) in [6, 6.07) is 7.79. The summed E-state index contributed by atoms with van der Waals surface area (Å²) < 4.78 is 13.3. The van der Waals surface area contributed by atoms with Gasteiger partial charge in [0.05, 0.1) is 22.3 Å². The fourth-order valence-corrected chi connectivity index (χ4v) is 3.74. The van der Waals surface area contributed by atoms with E-state index < -0.39 is 0 Å². The average Bonchev–Trinajstić information content (AvgIpc) is 3.35. The Morgan fingerprint density at radius 1 is 0.760 bits per heavy atom. The van der Waals surface area contributed by atoms with Crippen molar-refractivity contribution in [1.29, 1.82) is 0 Å². The number of nitrogens with zero attached hydrogens (tertiary/aromatic N) is 1. The zero-order valence-corrected chi connectivity index (χ0v) is 14.9. The predicted molar refractivity (Wildman–Crippen MR) is 103 cm³/mol. The van der Waals surface area contributed by atoms with Gasteiger partial charge in [0, 0.05) is 12.2 Å². The fourth-order valence-electron chi connectivity index (χ4n) is 2.70. The van der Waals surface area contributed by atoms with Crippen LogP contribution in [0.15, 0.2) is 93.2 Å². The van der Waals surface area contributed by atoms with Crippen molar-refractivity contribution in [2.75, 3.05) is 14.1 Å². The molecule has 2 aromatic rings. The van der Waals surface area contributed by atoms with Crippen LogP contribution >= 0.6 is 11.8 Å². The van der Waals surface area contributed by atoms with E-state index in [1.165, 1.54) is 11.3 Å². The van der Waals surface area contributed by atoms with Crippen LogP contribution in [0.1, 0.15) is 11.5 Å². The molecule has 0 radical (unpaired) electrons. The van der Waals surface area contributed by atoms with Crippen LogP contribution < -0.4 is 0 Å². The lowest BCUT2D eigenvalue weighted by Crippen LogP contribution is -2.09. The molecule has 2 aliphatic rings. The number of hydrogen-bond donors (Lipinski definition) is 0. The summed E-state index contributed by atoms with van der Waals surface area (Å²) >= 11 is 1.66. The van der Waals surface area contributed by atoms with E-state index in [4.69, 9.17) is 8.83 Å². The molecule has 0 spiro atoms. The lowest BCUT2D eigenvalue weighted by molar-refractivity contribution is -0.462. The summed E-state index contributed by atoms with van der Waals surface area (Å²) in [6.45, 7) is 0. The molecule has 0 fully saturated rings. The minimum Gasteiger partial charge on any atom is -0.464 e. The van der Waals surface area contributed by atoms with E-state index in [1.54, 1.807) is 24.3 Å². The van der Waals surface area contributed by atoms with Crippen molar-refractivity contribution in [3.05, 3.63) is 95.9 Å². The Bertz CT molecular complexity index is 891. The molecule has 0 aromatic carbocycles. The van der Waals surface area contributed by atoms with Gasteiger partial charge in [0.25, 0.3) is 0 Å². The Hall–Kier alpha value is -2.72. The Labute approximate surface area is 151 Å². The van der Waals surface area contributed by atoms with Gasteiger partial charge in [-0.3, -0.25) is 0 Å². The number of rotatable bonds is 2. The smallest absolute Gasteiger partial charge is 0.199 e. The molecule has 0 saturated carbocycles. The molecule has 25 heavy (non-hydrogen) atoms. The normalized spacial score (nSPS) is 17.0. The second-order valence-corrected chi connectivity index (χ2v) is 7.05. The van der Waals surface area contributed by atoms with Gasteiger partial charge in [0.1, 0.15) is 25.6 Å². The van der Waals surface area contributed by atoms with Crippen LogP contribution in [0, 0.1) is 0 Å². The van der Waals surface area contributed by atoms with Gasteiger partial charge in [-0.15, -0.1) is 0 Å². The zero-order chi connectivity index (χ0) is 17.2. The van der Waals surface area contributed by atoms with Gasteiger partial charge in [-0.2, -0.15) is 0 Å². The van der Waals surface area contributed by atoms with Gasteiger partial charge >= 0.3 is 0 Å². The standard InChI is InChI=1S/C21H18NO2S/c1-22(2)17-9-7-15(8-10-17)16-13-20(18-5-3-11-23-18)25-21(14-16)19-6-4-12-24-19/h3-14H,1-2H3/q+1. The Morgan fingerprint density at radius 3 is 1.76 bits per heavy atom. The first-order valence-electron chi connectivity index (χ1n) is 8.04. The molecule has 0 bridgehead atoms. The molecule has 124 valence electrons. The highest BCUT2D eigenvalue weighted by Crippen LogP contribution is 2.45. The molecule has 0 atom stereocenters. The van der Waals surface area contributed by atoms with Crippen LogP contribution in [-0.2, 0) is 0 Å². The molecule has 3 nitrogen and oxygen atoms in total. The monoisotopic (exact) mass is 348 g/mol. The molecule has 2 aromatic heterocycles. The van der Waals surface area contributed by atoms with Gasteiger partial charge in [0.15, 0.2) is 5.71 Å². The molecule has 4 heteroatoms. The maximum absolute atomic E-state index is 5.61. The van der Waals surface area contributed by atoms with E-state index in [2.05, 4.69) is 41.0 Å².